The summed E-state index contributed by atoms with van der Waals surface area (Å²) < 4.78 is 29.3. The van der Waals surface area contributed by atoms with E-state index < -0.39 is 12.6 Å². The van der Waals surface area contributed by atoms with E-state index in [1.165, 1.54) is 0 Å². The molecular formula is C40H40F2N8O3. The van der Waals surface area contributed by atoms with E-state index in [9.17, 15) is 23.2 Å². The molecule has 4 aliphatic heterocycles. The van der Waals surface area contributed by atoms with Gasteiger partial charge in [-0.25, -0.2) is 4.98 Å². The molecule has 0 saturated carbocycles. The Hall–Kier alpha value is -5.43. The number of rotatable bonds is 7. The Morgan fingerprint density at radius 2 is 1.60 bits per heavy atom. The number of amides is 3. The second kappa shape index (κ2) is 13.5. The molecule has 3 amide bonds. The number of nitrogens with one attached hydrogen (secondary N) is 1. The van der Waals surface area contributed by atoms with Crippen LogP contribution in [0, 0.1) is 5.92 Å². The van der Waals surface area contributed by atoms with Crippen LogP contribution in [0.2, 0.25) is 0 Å². The smallest absolute Gasteiger partial charge is 0.319 e. The van der Waals surface area contributed by atoms with E-state index in [-0.39, 0.29) is 24.1 Å². The SMILES string of the molecule is O=C1CCC(N2Cc3cc(N4CCN(CC5CCN(c6ccc(-c7ccc8c9cnccc9n(C(F)F)c8c7)cn6)CC5)CC4)ccc3C2=O)C(=O)N1. The summed E-state index contributed by atoms with van der Waals surface area (Å²) in [5.41, 5.74) is 5.36. The van der Waals surface area contributed by atoms with Gasteiger partial charge in [0.15, 0.2) is 0 Å². The molecule has 3 fully saturated rings. The molecule has 1 N–H and O–H groups in total. The van der Waals surface area contributed by atoms with E-state index in [1.807, 2.05) is 48.7 Å². The summed E-state index contributed by atoms with van der Waals surface area (Å²) in [6, 6.07) is 16.7. The van der Waals surface area contributed by atoms with Crippen molar-refractivity contribution in [2.75, 3.05) is 55.6 Å². The predicted molar refractivity (Wildman–Crippen MR) is 198 cm³/mol. The first-order valence-electron chi connectivity index (χ1n) is 18.4. The van der Waals surface area contributed by atoms with Crippen LogP contribution in [-0.4, -0.2) is 93.9 Å². The zero-order chi connectivity index (χ0) is 36.2. The summed E-state index contributed by atoms with van der Waals surface area (Å²) in [4.78, 5) is 54.9. The van der Waals surface area contributed by atoms with Crippen molar-refractivity contribution in [1.82, 2.24) is 29.7 Å². The highest BCUT2D eigenvalue weighted by Gasteiger charge is 2.39. The number of halogens is 2. The molecule has 7 heterocycles. The molecule has 4 aliphatic rings. The van der Waals surface area contributed by atoms with Gasteiger partial charge in [0, 0.05) is 105 Å². The van der Waals surface area contributed by atoms with E-state index >= 15 is 0 Å². The fourth-order valence-electron chi connectivity index (χ4n) is 8.68. The van der Waals surface area contributed by atoms with Crippen LogP contribution >= 0.6 is 0 Å². The quantitative estimate of drug-likeness (QED) is 0.222. The third kappa shape index (κ3) is 6.16. The molecule has 3 saturated heterocycles. The summed E-state index contributed by atoms with van der Waals surface area (Å²) in [5.74, 6) is 0.738. The number of imide groups is 1. The van der Waals surface area contributed by atoms with Crippen molar-refractivity contribution in [3.63, 3.8) is 0 Å². The number of pyridine rings is 2. The molecule has 0 aliphatic carbocycles. The highest BCUT2D eigenvalue weighted by Crippen LogP contribution is 2.36. The zero-order valence-electron chi connectivity index (χ0n) is 29.3. The number of alkyl halides is 2. The molecule has 3 aromatic heterocycles. The Morgan fingerprint density at radius 3 is 2.36 bits per heavy atom. The van der Waals surface area contributed by atoms with Crippen molar-refractivity contribution in [2.24, 2.45) is 5.92 Å². The van der Waals surface area contributed by atoms with E-state index in [4.69, 9.17) is 4.98 Å². The molecule has 0 spiro atoms. The molecular weight excluding hydrogens is 678 g/mol. The Kier molecular flexibility index (Phi) is 8.52. The number of piperazine rings is 1. The van der Waals surface area contributed by atoms with Crippen molar-refractivity contribution in [3.8, 4) is 11.1 Å². The molecule has 53 heavy (non-hydrogen) atoms. The lowest BCUT2D eigenvalue weighted by atomic mass is 9.95. The van der Waals surface area contributed by atoms with E-state index in [0.717, 1.165) is 96.8 Å². The average molecular weight is 719 g/mol. The molecule has 272 valence electrons. The van der Waals surface area contributed by atoms with Crippen molar-refractivity contribution >= 4 is 51.0 Å². The molecule has 9 rings (SSSR count). The van der Waals surface area contributed by atoms with Crippen LogP contribution in [0.15, 0.2) is 73.2 Å². The number of carbonyl (C=O) groups excluding carboxylic acids is 3. The zero-order valence-corrected chi connectivity index (χ0v) is 29.3. The number of anilines is 2. The van der Waals surface area contributed by atoms with Gasteiger partial charge in [-0.05, 0) is 78.8 Å². The molecule has 13 heteroatoms. The molecule has 2 aromatic carbocycles. The molecule has 0 radical (unpaired) electrons. The standard InChI is InChI=1S/C40H40F2N8O3/c41-40(42)50-33-9-12-43-22-32(33)31-4-1-26(20-35(31)50)27-2-7-36(44-21-27)48-13-10-25(11-14-48)23-46-15-17-47(18-16-46)29-3-5-30-28(19-29)24-49(39(30)53)34-6-8-37(51)45-38(34)52/h1-5,7,9,12,19-22,25,34,40H,6,8,10-11,13-18,23-24H2,(H,45,51,52). The number of piperidine rings is 2. The molecule has 11 nitrogen and oxygen atoms in total. The highest BCUT2D eigenvalue weighted by atomic mass is 19.3. The summed E-state index contributed by atoms with van der Waals surface area (Å²) in [6.45, 7) is 4.45. The van der Waals surface area contributed by atoms with Gasteiger partial charge in [-0.15, -0.1) is 0 Å². The maximum atomic E-state index is 14.1. The van der Waals surface area contributed by atoms with Gasteiger partial charge in [0.25, 0.3) is 5.91 Å². The Morgan fingerprint density at radius 1 is 0.792 bits per heavy atom. The van der Waals surface area contributed by atoms with Crippen molar-refractivity contribution in [1.29, 1.82) is 0 Å². The van der Waals surface area contributed by atoms with Crippen LogP contribution in [0.4, 0.5) is 20.3 Å². The van der Waals surface area contributed by atoms with Crippen LogP contribution in [0.5, 0.6) is 0 Å². The summed E-state index contributed by atoms with van der Waals surface area (Å²) in [5, 5.41) is 3.84. The average Bonchev–Trinajstić information content (AvgIpc) is 3.69. The summed E-state index contributed by atoms with van der Waals surface area (Å²) >= 11 is 0. The lowest BCUT2D eigenvalue weighted by Crippen LogP contribution is -2.52. The summed E-state index contributed by atoms with van der Waals surface area (Å²) in [6.07, 6.45) is 7.82. The second-order valence-electron chi connectivity index (χ2n) is 14.6. The number of fused-ring (bicyclic) bond motifs is 4. The number of benzene rings is 2. The van der Waals surface area contributed by atoms with Gasteiger partial charge < -0.3 is 14.7 Å². The first-order chi connectivity index (χ1) is 25.8. The summed E-state index contributed by atoms with van der Waals surface area (Å²) in [7, 11) is 0. The Labute approximate surface area is 305 Å². The minimum absolute atomic E-state index is 0.143. The van der Waals surface area contributed by atoms with Crippen LogP contribution < -0.4 is 15.1 Å². The third-order valence-corrected chi connectivity index (χ3v) is 11.6. The number of hydrogen-bond acceptors (Lipinski definition) is 8. The first kappa shape index (κ1) is 33.4. The van der Waals surface area contributed by atoms with Crippen molar-refractivity contribution in [2.45, 2.75) is 44.8 Å². The minimum atomic E-state index is -2.66. The second-order valence-corrected chi connectivity index (χ2v) is 14.6. The van der Waals surface area contributed by atoms with Crippen LogP contribution in [0.25, 0.3) is 32.9 Å². The topological polar surface area (TPSA) is 107 Å². The molecule has 0 bridgehead atoms. The normalized spacial score (nSPS) is 20.2. The fourth-order valence-corrected chi connectivity index (χ4v) is 8.68. The monoisotopic (exact) mass is 718 g/mol. The Bertz CT molecular complexity index is 2220. The van der Waals surface area contributed by atoms with Crippen LogP contribution in [0.3, 0.4) is 0 Å². The molecule has 1 atom stereocenters. The molecule has 1 unspecified atom stereocenters. The predicted octanol–water partition coefficient (Wildman–Crippen LogP) is 5.45. The van der Waals surface area contributed by atoms with Gasteiger partial charge in [0.2, 0.25) is 11.8 Å². The van der Waals surface area contributed by atoms with Crippen molar-refractivity contribution < 1.29 is 23.2 Å². The van der Waals surface area contributed by atoms with E-state index in [2.05, 4.69) is 31.1 Å². The van der Waals surface area contributed by atoms with Gasteiger partial charge in [-0.2, -0.15) is 8.78 Å². The number of hydrogen-bond donors (Lipinski definition) is 1. The maximum absolute atomic E-state index is 14.1. The Balaban J connectivity index is 0.774. The molecule has 5 aromatic rings. The van der Waals surface area contributed by atoms with Gasteiger partial charge >= 0.3 is 6.55 Å². The lowest BCUT2D eigenvalue weighted by Gasteiger charge is -2.40. The maximum Gasteiger partial charge on any atom is 0.319 e. The van der Waals surface area contributed by atoms with E-state index in [1.54, 1.807) is 23.4 Å². The first-order valence-corrected chi connectivity index (χ1v) is 18.4. The van der Waals surface area contributed by atoms with Gasteiger partial charge in [0.1, 0.15) is 11.9 Å². The van der Waals surface area contributed by atoms with Crippen LogP contribution in [0.1, 0.15) is 48.2 Å². The van der Waals surface area contributed by atoms with Crippen LogP contribution in [-0.2, 0) is 16.1 Å². The van der Waals surface area contributed by atoms with Gasteiger partial charge in [-0.3, -0.25) is 34.2 Å². The van der Waals surface area contributed by atoms with Gasteiger partial charge in [0.05, 0.1) is 11.0 Å². The minimum Gasteiger partial charge on any atom is -0.369 e. The lowest BCUT2D eigenvalue weighted by molar-refractivity contribution is -0.136. The fraction of sp³-hybridized carbons (Fsp3) is 0.375. The highest BCUT2D eigenvalue weighted by molar-refractivity contribution is 6.09. The number of nitrogens with zero attached hydrogens (tertiary/aromatic N) is 7. The number of carbonyl (C=O) groups is 3. The van der Waals surface area contributed by atoms with E-state index in [0.29, 0.717) is 40.9 Å². The largest absolute Gasteiger partial charge is 0.369 e. The van der Waals surface area contributed by atoms with Crippen molar-refractivity contribution in [3.05, 3.63) is 84.3 Å². The third-order valence-electron chi connectivity index (χ3n) is 11.6. The van der Waals surface area contributed by atoms with Gasteiger partial charge in [-0.1, -0.05) is 12.1 Å². The number of aromatic nitrogens is 3.